The number of aromatic nitrogens is 30. The highest BCUT2D eigenvalue weighted by molar-refractivity contribution is 5.34. The van der Waals surface area contributed by atoms with Crippen molar-refractivity contribution in [3.8, 4) is 28.4 Å². The summed E-state index contributed by atoms with van der Waals surface area (Å²) < 4.78 is 57.1. The summed E-state index contributed by atoms with van der Waals surface area (Å²) >= 11 is 0. The maximum absolute atomic E-state index is 13.5. The molecular formula is C96H102N30O16. The number of hydrogen-bond donors (Lipinski definition) is 1. The molecule has 15 heterocycles. The van der Waals surface area contributed by atoms with Crippen molar-refractivity contribution in [2.75, 3.05) is 7.11 Å². The molecule has 0 atom stereocenters. The van der Waals surface area contributed by atoms with E-state index in [4.69, 9.17) is 27.4 Å². The first-order chi connectivity index (χ1) is 68.4. The van der Waals surface area contributed by atoms with Gasteiger partial charge in [-0.2, -0.15) is 25.5 Å². The van der Waals surface area contributed by atoms with Gasteiger partial charge in [0.05, 0.1) is 153 Å². The van der Waals surface area contributed by atoms with Crippen LogP contribution in [0, 0.1) is 69.2 Å². The van der Waals surface area contributed by atoms with Gasteiger partial charge >= 0.3 is 56.9 Å². The van der Waals surface area contributed by atoms with Crippen molar-refractivity contribution in [1.29, 1.82) is 0 Å². The van der Waals surface area contributed by atoms with Crippen molar-refractivity contribution in [1.82, 2.24) is 145 Å². The smallest absolute Gasteiger partial charge is 0.354 e. The Bertz CT molecular complexity index is 8270. The zero-order chi connectivity index (χ0) is 100. The number of aromatic amines is 1. The van der Waals surface area contributed by atoms with E-state index in [0.29, 0.717) is 91.5 Å². The average molecular weight is 1930 g/mol. The molecule has 1 N–H and O–H groups in total. The molecule has 0 unspecified atom stereocenters. The maximum Gasteiger partial charge on any atom is 0.354 e. The van der Waals surface area contributed by atoms with Crippen LogP contribution in [-0.4, -0.2) is 152 Å². The topological polar surface area (TPSA) is 484 Å². The van der Waals surface area contributed by atoms with E-state index in [1.165, 1.54) is 98.9 Å². The Kier molecular flexibility index (Phi) is 28.8. The molecule has 0 saturated carbocycles. The fourth-order valence-electron chi connectivity index (χ4n) is 16.0. The highest BCUT2D eigenvalue weighted by atomic mass is 16.5. The standard InChI is InChI=1S/C25H24N6O3.C20H22N6O4.C20H22N6O3.C18H18N6O3.C13H16N6O3/c1-18-23(19(2)34-27-18)17-28-16-22(13-26-28)31-24(32)29(14-20-9-5-3-6-10-20)30(25(31)33)15-21-11-7-4-8-12-21;1-14-18(15(2)30-22-14)12-23-11-17(9-21-23)26-19(27)24(25(13-29-3)20(26)28)10-16-7-5-4-6-8-16;1-4-24-19(27)26(20(28)25(24)11-16-8-6-5-7-9-16)17-10-21-23(12-17)13-18-14(2)22-29-15(18)3;1-12-16(13(2)27-21-12)11-22-10-15(8-19-22)24-17(25)20-23(18(24)26)9-14-6-4-3-5-7-14;1-8-11(9(2)22-15-8)7-18-6-10(5-14-18)19-12(20)16(3)17(4)13(19)21/h3-13,16H,14-15,17H2,1-2H3;4-9,11H,10,12-13H2,1-3H3;5-10,12H,4,11,13H2,1-3H3;3-8,10H,9,11H2,1-2H3,(H,20,25);5-6H,7H2,1-4H3. The molecular weight excluding hydrogens is 1830 g/mol. The normalized spacial score (nSPS) is 11.3. The zero-order valence-electron chi connectivity index (χ0n) is 80.2. The number of ether oxygens (including phenoxy) is 1. The molecule has 20 rings (SSSR count). The second kappa shape index (κ2) is 42.2. The largest absolute Gasteiger partial charge is 0.362 e. The van der Waals surface area contributed by atoms with Crippen molar-refractivity contribution < 1.29 is 27.4 Å². The van der Waals surface area contributed by atoms with Crippen LogP contribution in [0.4, 0.5) is 0 Å². The van der Waals surface area contributed by atoms with Gasteiger partial charge in [0.25, 0.3) is 0 Å². The lowest BCUT2D eigenvalue weighted by molar-refractivity contribution is 0.105. The second-order valence-corrected chi connectivity index (χ2v) is 33.5. The quantitative estimate of drug-likeness (QED) is 0.0531. The summed E-state index contributed by atoms with van der Waals surface area (Å²) in [5.41, 5.74) is 10.9. The predicted octanol–water partition coefficient (Wildman–Crippen LogP) is 6.72. The third-order valence-corrected chi connectivity index (χ3v) is 23.9. The van der Waals surface area contributed by atoms with Crippen molar-refractivity contribution >= 4 is 0 Å². The summed E-state index contributed by atoms with van der Waals surface area (Å²) in [5, 5.41) is 43.7. The van der Waals surface area contributed by atoms with Crippen LogP contribution in [0.2, 0.25) is 0 Å². The molecule has 0 aliphatic rings. The van der Waals surface area contributed by atoms with E-state index in [1.54, 1.807) is 54.4 Å². The molecule has 732 valence electrons. The lowest BCUT2D eigenvalue weighted by Crippen LogP contribution is -2.28. The Hall–Kier alpha value is -18.1. The average Bonchev–Trinajstić information content (AvgIpc) is 1.62. The highest BCUT2D eigenvalue weighted by Crippen LogP contribution is 2.22. The summed E-state index contributed by atoms with van der Waals surface area (Å²) in [7, 11) is 4.55. The molecule has 0 bridgehead atoms. The van der Waals surface area contributed by atoms with Crippen LogP contribution in [0.25, 0.3) is 28.4 Å². The fraction of sp³-hybridized carbons (Fsp3) is 0.271. The minimum absolute atomic E-state index is 0.0406. The molecule has 0 amide bonds. The molecule has 15 aromatic heterocycles. The molecule has 46 nitrogen and oxygen atoms in total. The third kappa shape index (κ3) is 20.8. The van der Waals surface area contributed by atoms with E-state index in [1.807, 2.05) is 228 Å². The van der Waals surface area contributed by atoms with Gasteiger partial charge in [0.15, 0.2) is 0 Å². The van der Waals surface area contributed by atoms with Crippen molar-refractivity contribution in [2.24, 2.45) is 14.1 Å². The molecule has 0 saturated heterocycles. The van der Waals surface area contributed by atoms with Gasteiger partial charge in [-0.25, -0.2) is 118 Å². The molecule has 0 aliphatic carbocycles. The molecule has 5 aromatic carbocycles. The molecule has 20 aromatic rings. The Balaban J connectivity index is 0.000000128. The highest BCUT2D eigenvalue weighted by Gasteiger charge is 2.26. The molecule has 0 spiro atoms. The van der Waals surface area contributed by atoms with Crippen LogP contribution < -0.4 is 56.9 Å². The fourth-order valence-corrected chi connectivity index (χ4v) is 16.0. The van der Waals surface area contributed by atoms with E-state index >= 15 is 0 Å². The molecule has 0 radical (unpaired) electrons. The minimum Gasteiger partial charge on any atom is -0.362 e. The van der Waals surface area contributed by atoms with Crippen molar-refractivity contribution in [3.05, 3.63) is 431 Å². The number of nitrogens with zero attached hydrogens (tertiary/aromatic N) is 29. The lowest BCUT2D eigenvalue weighted by Gasteiger charge is -2.09. The SMILES string of the molecule is CCn1c(=O)n(-c2cnn(Cc3c(C)noc3C)c2)c(=O)n1Cc1ccccc1.COCn1c(=O)n(-c2cnn(Cc3c(C)noc3C)c2)c(=O)n1Cc1ccccc1.Cc1noc(C)c1Cn1cc(-n2c(=O)[nH]n(Cc3ccccc3)c2=O)cn1.Cc1noc(C)c1Cn1cc(-n2c(=O)n(C)n(C)c2=O)cn1.Cc1noc(C)c1Cn1cc(-n2c(=O)n(Cc3ccccc3)n(Cc3ccccc3)c2=O)cn1. The number of benzene rings is 5. The van der Waals surface area contributed by atoms with Crippen molar-refractivity contribution in [3.63, 3.8) is 0 Å². The van der Waals surface area contributed by atoms with Crippen LogP contribution in [0.15, 0.2) is 284 Å². The maximum atomic E-state index is 13.5. The first-order valence-corrected chi connectivity index (χ1v) is 44.9. The summed E-state index contributed by atoms with van der Waals surface area (Å²) in [6.07, 6.45) is 15.8. The van der Waals surface area contributed by atoms with E-state index < -0.39 is 51.2 Å². The summed E-state index contributed by atoms with van der Waals surface area (Å²) in [6.45, 7) is 24.3. The summed E-state index contributed by atoms with van der Waals surface area (Å²) in [5.74, 6) is 3.58. The Morgan fingerprint density at radius 2 is 0.500 bits per heavy atom. The first kappa shape index (κ1) is 97.0. The zero-order valence-corrected chi connectivity index (χ0v) is 80.2. The van der Waals surface area contributed by atoms with Gasteiger partial charge in [0, 0.05) is 86.6 Å². The minimum atomic E-state index is -0.507. The van der Waals surface area contributed by atoms with Crippen LogP contribution in [0.3, 0.4) is 0 Å². The Morgan fingerprint density at radius 1 is 0.275 bits per heavy atom. The van der Waals surface area contributed by atoms with Gasteiger partial charge < -0.3 is 27.4 Å². The lowest BCUT2D eigenvalue weighted by atomic mass is 10.2. The Morgan fingerprint density at radius 3 is 0.746 bits per heavy atom. The van der Waals surface area contributed by atoms with Gasteiger partial charge in [-0.05, 0) is 104 Å². The van der Waals surface area contributed by atoms with E-state index in [9.17, 15) is 47.9 Å². The number of aryl methyl sites for hydroxylation is 10. The Labute approximate surface area is 804 Å². The molecule has 46 heteroatoms. The van der Waals surface area contributed by atoms with E-state index in [-0.39, 0.29) is 38.6 Å². The number of hydrogen-bond acceptors (Lipinski definition) is 26. The number of nitrogens with one attached hydrogen (secondary N) is 1. The van der Waals surface area contributed by atoms with E-state index in [0.717, 1.165) is 114 Å². The van der Waals surface area contributed by atoms with Crippen LogP contribution >= 0.6 is 0 Å². The van der Waals surface area contributed by atoms with Gasteiger partial charge in [-0.3, -0.25) is 23.4 Å². The predicted molar refractivity (Wildman–Crippen MR) is 514 cm³/mol. The summed E-state index contributed by atoms with van der Waals surface area (Å²) in [4.78, 5) is 128. The molecule has 0 fully saturated rings. The first-order valence-electron chi connectivity index (χ1n) is 44.9. The second-order valence-electron chi connectivity index (χ2n) is 33.5. The van der Waals surface area contributed by atoms with Gasteiger partial charge in [0.2, 0.25) is 0 Å². The number of rotatable bonds is 28. The van der Waals surface area contributed by atoms with Gasteiger partial charge in [-0.15, -0.1) is 0 Å². The van der Waals surface area contributed by atoms with Crippen LogP contribution in [0.5, 0.6) is 0 Å². The van der Waals surface area contributed by atoms with E-state index in [2.05, 4.69) is 56.4 Å². The van der Waals surface area contributed by atoms with Crippen LogP contribution in [-0.2, 0) is 97.6 Å². The molecule has 142 heavy (non-hydrogen) atoms. The van der Waals surface area contributed by atoms with Gasteiger partial charge in [0.1, 0.15) is 35.5 Å². The van der Waals surface area contributed by atoms with Crippen molar-refractivity contribution in [2.45, 2.75) is 155 Å². The number of H-pyrrole nitrogens is 1. The third-order valence-electron chi connectivity index (χ3n) is 23.9. The van der Waals surface area contributed by atoms with Gasteiger partial charge in [-0.1, -0.05) is 177 Å². The van der Waals surface area contributed by atoms with Crippen LogP contribution in [0.1, 0.15) is 120 Å². The summed E-state index contributed by atoms with van der Waals surface area (Å²) in [6, 6.07) is 47.7. The number of methoxy groups -OCH3 is 1. The monoisotopic (exact) mass is 1930 g/mol. The molecule has 0 aliphatic heterocycles.